The summed E-state index contributed by atoms with van der Waals surface area (Å²) >= 11 is 0. The third-order valence-electron chi connectivity index (χ3n) is 3.54. The van der Waals surface area contributed by atoms with Gasteiger partial charge in [0.2, 0.25) is 0 Å². The van der Waals surface area contributed by atoms with Crippen LogP contribution in [0.25, 0.3) is 0 Å². The van der Waals surface area contributed by atoms with Crippen molar-refractivity contribution in [3.63, 3.8) is 0 Å². The van der Waals surface area contributed by atoms with E-state index in [4.69, 9.17) is 9.47 Å². The van der Waals surface area contributed by atoms with Gasteiger partial charge in [-0.3, -0.25) is 9.59 Å². The van der Waals surface area contributed by atoms with E-state index in [1.807, 2.05) is 0 Å². The van der Waals surface area contributed by atoms with Gasteiger partial charge in [-0.25, -0.2) is 4.79 Å². The smallest absolute Gasteiger partial charge is 0.336 e. The van der Waals surface area contributed by atoms with Gasteiger partial charge in [0.05, 0.1) is 24.6 Å². The molecule has 2 rings (SSSR count). The molecule has 1 aliphatic heterocycles. The maximum Gasteiger partial charge on any atom is 0.336 e. The van der Waals surface area contributed by atoms with Crippen LogP contribution in [0.15, 0.2) is 23.9 Å². The number of hydrogen-bond acceptors (Lipinski definition) is 6. The highest BCUT2D eigenvalue weighted by atomic mass is 16.5. The fourth-order valence-corrected chi connectivity index (χ4v) is 2.62. The lowest BCUT2D eigenvalue weighted by Crippen LogP contribution is -2.48. The number of hydrogen-bond donors (Lipinski definition) is 0. The topological polar surface area (TPSA) is 72.9 Å². The number of nitrogens with zero attached hydrogens (tertiary/aromatic N) is 1. The Labute approximate surface area is 117 Å². The minimum atomic E-state index is -0.800. The van der Waals surface area contributed by atoms with Crippen molar-refractivity contribution in [2.75, 3.05) is 14.2 Å². The van der Waals surface area contributed by atoms with Crippen LogP contribution in [0.1, 0.15) is 13.3 Å². The maximum absolute atomic E-state index is 12.5. The molecule has 0 spiro atoms. The summed E-state index contributed by atoms with van der Waals surface area (Å²) in [5, 5.41) is 0. The number of carbonyl (C=O) groups is 3. The van der Waals surface area contributed by atoms with Crippen molar-refractivity contribution in [3.8, 4) is 0 Å². The monoisotopic (exact) mass is 279 g/mol. The highest BCUT2D eigenvalue weighted by Gasteiger charge is 2.44. The van der Waals surface area contributed by atoms with E-state index < -0.39 is 24.0 Å². The van der Waals surface area contributed by atoms with Gasteiger partial charge in [-0.05, 0) is 12.5 Å². The third kappa shape index (κ3) is 2.45. The maximum atomic E-state index is 12.5. The van der Waals surface area contributed by atoms with E-state index in [1.54, 1.807) is 30.3 Å². The summed E-state index contributed by atoms with van der Waals surface area (Å²) in [6, 6.07) is -0.342. The van der Waals surface area contributed by atoms with Gasteiger partial charge in [-0.1, -0.05) is 6.08 Å². The lowest BCUT2D eigenvalue weighted by molar-refractivity contribution is -0.150. The first kappa shape index (κ1) is 14.3. The molecule has 1 unspecified atom stereocenters. The Morgan fingerprint density at radius 2 is 2.10 bits per heavy atom. The Morgan fingerprint density at radius 3 is 2.70 bits per heavy atom. The molecule has 0 fully saturated rings. The minimum absolute atomic E-state index is 0.133. The van der Waals surface area contributed by atoms with Gasteiger partial charge in [0.1, 0.15) is 6.10 Å². The molecule has 0 amide bonds. The van der Waals surface area contributed by atoms with E-state index in [1.165, 1.54) is 14.0 Å². The number of likely N-dealkylation sites (N-methyl/N-ethyl adjacent to an activating group) is 1. The fraction of sp³-hybridized carbons (Fsp3) is 0.500. The van der Waals surface area contributed by atoms with Crippen molar-refractivity contribution in [3.05, 3.63) is 23.9 Å². The Hall–Kier alpha value is -2.11. The van der Waals surface area contributed by atoms with Crippen molar-refractivity contribution < 1.29 is 23.9 Å². The highest BCUT2D eigenvalue weighted by Crippen LogP contribution is 2.32. The molecule has 20 heavy (non-hydrogen) atoms. The molecule has 0 radical (unpaired) electrons. The number of fused-ring (bicyclic) bond motifs is 2. The quantitative estimate of drug-likeness (QED) is 0.539. The molecule has 108 valence electrons. The number of Topliss-reactive ketones (excluding diaryl/α,β-unsaturated/α-hetero) is 1. The average Bonchev–Trinajstić information content (AvgIpc) is 2.49. The van der Waals surface area contributed by atoms with Crippen molar-refractivity contribution in [2.45, 2.75) is 25.5 Å². The SMILES string of the molecule is COC(=O)C1=CN(C)[C@@H]2CC=CC(OC(C)=O)[C@H]1C2=O. The molecule has 2 aliphatic rings. The standard InChI is InChI=1S/C14H17NO5/c1-8(16)20-11-6-4-5-10-13(17)12(11)9(7-15(10)2)14(18)19-3/h4,6-7,10-12H,5H2,1-3H3/t10-,11?,12+/m1/s1. The largest absolute Gasteiger partial charge is 0.466 e. The summed E-state index contributed by atoms with van der Waals surface area (Å²) in [5.41, 5.74) is 0.217. The zero-order valence-corrected chi connectivity index (χ0v) is 11.7. The number of methoxy groups -OCH3 is 1. The molecule has 0 saturated carbocycles. The zero-order chi connectivity index (χ0) is 14.9. The van der Waals surface area contributed by atoms with E-state index in [-0.39, 0.29) is 17.4 Å². The average molecular weight is 279 g/mol. The van der Waals surface area contributed by atoms with E-state index in [9.17, 15) is 14.4 Å². The van der Waals surface area contributed by atoms with Crippen LogP contribution in [-0.2, 0) is 23.9 Å². The van der Waals surface area contributed by atoms with Gasteiger partial charge in [-0.2, -0.15) is 0 Å². The molecule has 6 nitrogen and oxygen atoms in total. The van der Waals surface area contributed by atoms with Gasteiger partial charge in [0.15, 0.2) is 5.78 Å². The van der Waals surface area contributed by atoms with E-state index in [2.05, 4.69) is 0 Å². The number of ether oxygens (including phenoxy) is 2. The van der Waals surface area contributed by atoms with Crippen LogP contribution in [-0.4, -0.2) is 48.9 Å². The molecule has 0 aromatic carbocycles. The van der Waals surface area contributed by atoms with Crippen LogP contribution in [0, 0.1) is 5.92 Å². The number of carbonyl (C=O) groups excluding carboxylic acids is 3. The zero-order valence-electron chi connectivity index (χ0n) is 11.7. The predicted molar refractivity (Wildman–Crippen MR) is 69.5 cm³/mol. The summed E-state index contributed by atoms with van der Waals surface area (Å²) in [4.78, 5) is 37.3. The number of rotatable bonds is 2. The lowest BCUT2D eigenvalue weighted by atomic mass is 9.84. The normalized spacial score (nSPS) is 28.6. The Kier molecular flexibility index (Phi) is 3.92. The molecular weight excluding hydrogens is 262 g/mol. The molecular formula is C14H17NO5. The van der Waals surface area contributed by atoms with Crippen molar-refractivity contribution in [1.82, 2.24) is 4.90 Å². The molecule has 3 atom stereocenters. The molecule has 2 bridgehead atoms. The molecule has 6 heteroatoms. The molecule has 1 heterocycles. The minimum Gasteiger partial charge on any atom is -0.466 e. The molecule has 1 aliphatic carbocycles. The van der Waals surface area contributed by atoms with Crippen LogP contribution in [0.3, 0.4) is 0 Å². The first-order valence-corrected chi connectivity index (χ1v) is 6.35. The molecule has 0 saturated heterocycles. The van der Waals surface area contributed by atoms with Crippen molar-refractivity contribution in [2.24, 2.45) is 5.92 Å². The van der Waals surface area contributed by atoms with Gasteiger partial charge < -0.3 is 14.4 Å². The first-order chi connectivity index (χ1) is 9.45. The summed E-state index contributed by atoms with van der Waals surface area (Å²) in [7, 11) is 2.99. The fourth-order valence-electron chi connectivity index (χ4n) is 2.62. The molecule has 0 aromatic rings. The summed E-state index contributed by atoms with van der Waals surface area (Å²) in [6.45, 7) is 1.27. The predicted octanol–water partition coefficient (Wildman–Crippen LogP) is 0.434. The number of esters is 2. The van der Waals surface area contributed by atoms with Gasteiger partial charge in [-0.15, -0.1) is 0 Å². The lowest BCUT2D eigenvalue weighted by Gasteiger charge is -2.35. The first-order valence-electron chi connectivity index (χ1n) is 6.35. The van der Waals surface area contributed by atoms with Gasteiger partial charge in [0.25, 0.3) is 0 Å². The highest BCUT2D eigenvalue weighted by molar-refractivity contribution is 6.02. The molecule has 0 N–H and O–H groups in total. The van der Waals surface area contributed by atoms with Crippen LogP contribution >= 0.6 is 0 Å². The van der Waals surface area contributed by atoms with Crippen molar-refractivity contribution in [1.29, 1.82) is 0 Å². The Balaban J connectivity index is 2.45. The van der Waals surface area contributed by atoms with Crippen molar-refractivity contribution >= 4 is 17.7 Å². The van der Waals surface area contributed by atoms with E-state index in [0.717, 1.165) is 0 Å². The van der Waals surface area contributed by atoms with Crippen LogP contribution < -0.4 is 0 Å². The summed E-state index contributed by atoms with van der Waals surface area (Å²) in [6.07, 6.45) is 4.84. The summed E-state index contributed by atoms with van der Waals surface area (Å²) < 4.78 is 9.89. The number of ketones is 1. The van der Waals surface area contributed by atoms with E-state index >= 15 is 0 Å². The third-order valence-corrected chi connectivity index (χ3v) is 3.54. The van der Waals surface area contributed by atoms with Gasteiger partial charge >= 0.3 is 11.9 Å². The second-order valence-corrected chi connectivity index (χ2v) is 4.88. The van der Waals surface area contributed by atoms with Crippen LogP contribution in [0.2, 0.25) is 0 Å². The summed E-state index contributed by atoms with van der Waals surface area (Å²) in [5.74, 6) is -2.01. The Morgan fingerprint density at radius 1 is 1.40 bits per heavy atom. The second kappa shape index (κ2) is 5.48. The van der Waals surface area contributed by atoms with Crippen LogP contribution in [0.5, 0.6) is 0 Å². The Bertz CT molecular complexity index is 508. The molecule has 0 aromatic heterocycles. The van der Waals surface area contributed by atoms with Crippen LogP contribution in [0.4, 0.5) is 0 Å². The second-order valence-electron chi connectivity index (χ2n) is 4.88. The van der Waals surface area contributed by atoms with E-state index in [0.29, 0.717) is 6.42 Å². The van der Waals surface area contributed by atoms with Gasteiger partial charge in [0, 0.05) is 20.2 Å².